The van der Waals surface area contributed by atoms with E-state index in [4.69, 9.17) is 9.84 Å². The molecule has 0 spiro atoms. The highest BCUT2D eigenvalue weighted by molar-refractivity contribution is 5.87. The molecule has 108 valence electrons. The van der Waals surface area contributed by atoms with Gasteiger partial charge in [0.2, 0.25) is 0 Å². The summed E-state index contributed by atoms with van der Waals surface area (Å²) in [5, 5.41) is 19.8. The van der Waals surface area contributed by atoms with E-state index in [2.05, 4.69) is 0 Å². The van der Waals surface area contributed by atoms with E-state index in [1.807, 2.05) is 0 Å². The summed E-state index contributed by atoms with van der Waals surface area (Å²) in [5.74, 6) is -0.632. The number of nitrogens with zero attached hydrogens (tertiary/aromatic N) is 1. The normalized spacial score (nSPS) is 10.1. The second-order valence-electron chi connectivity index (χ2n) is 4.44. The maximum atomic E-state index is 10.9. The van der Waals surface area contributed by atoms with Gasteiger partial charge in [-0.1, -0.05) is 18.2 Å². The smallest absolute Gasteiger partial charge is 0.335 e. The first-order valence-corrected chi connectivity index (χ1v) is 6.18. The minimum Gasteiger partial charge on any atom is -0.489 e. The summed E-state index contributed by atoms with van der Waals surface area (Å²) in [6.07, 6.45) is 0. The van der Waals surface area contributed by atoms with Crippen molar-refractivity contribution in [1.29, 1.82) is 0 Å². The van der Waals surface area contributed by atoms with Crippen molar-refractivity contribution in [3.8, 4) is 5.75 Å². The van der Waals surface area contributed by atoms with Crippen LogP contribution in [-0.2, 0) is 6.61 Å². The number of nitro groups is 1. The number of carboxylic acids is 1. The molecule has 6 heteroatoms. The van der Waals surface area contributed by atoms with E-state index in [1.54, 1.807) is 31.2 Å². The quantitative estimate of drug-likeness (QED) is 0.673. The lowest BCUT2D eigenvalue weighted by atomic mass is 10.1. The lowest BCUT2D eigenvalue weighted by Gasteiger charge is -2.09. The summed E-state index contributed by atoms with van der Waals surface area (Å²) in [6.45, 7) is 1.79. The lowest BCUT2D eigenvalue weighted by molar-refractivity contribution is -0.385. The Morgan fingerprint density at radius 2 is 2.00 bits per heavy atom. The fraction of sp³-hybridized carbons (Fsp3) is 0.133. The number of aromatic carboxylic acids is 1. The Labute approximate surface area is 120 Å². The molecule has 2 aromatic rings. The fourth-order valence-electron chi connectivity index (χ4n) is 1.90. The Bertz CT molecular complexity index is 696. The SMILES string of the molecule is Cc1c(COc2cccc(C(=O)O)c2)cccc1[N+](=O)[O-]. The molecule has 21 heavy (non-hydrogen) atoms. The molecule has 0 aliphatic carbocycles. The molecule has 6 nitrogen and oxygen atoms in total. The Balaban J connectivity index is 2.17. The summed E-state index contributed by atoms with van der Waals surface area (Å²) in [7, 11) is 0. The number of carboxylic acid groups (broad SMARTS) is 1. The second kappa shape index (κ2) is 6.04. The minimum atomic E-state index is -1.04. The summed E-state index contributed by atoms with van der Waals surface area (Å²) in [6, 6.07) is 10.9. The molecule has 0 bridgehead atoms. The number of rotatable bonds is 5. The zero-order chi connectivity index (χ0) is 15.4. The minimum absolute atomic E-state index is 0.0374. The maximum absolute atomic E-state index is 10.9. The van der Waals surface area contributed by atoms with Crippen molar-refractivity contribution >= 4 is 11.7 Å². The second-order valence-corrected chi connectivity index (χ2v) is 4.44. The number of ether oxygens (including phenoxy) is 1. The van der Waals surface area contributed by atoms with Gasteiger partial charge in [0.15, 0.2) is 0 Å². The van der Waals surface area contributed by atoms with E-state index in [-0.39, 0.29) is 17.9 Å². The third-order valence-corrected chi connectivity index (χ3v) is 3.09. The van der Waals surface area contributed by atoms with Crippen LogP contribution >= 0.6 is 0 Å². The van der Waals surface area contributed by atoms with Crippen molar-refractivity contribution in [2.24, 2.45) is 0 Å². The molecular weight excluding hydrogens is 274 g/mol. The molecule has 0 unspecified atom stereocenters. The molecule has 0 aliphatic rings. The van der Waals surface area contributed by atoms with Gasteiger partial charge in [-0.15, -0.1) is 0 Å². The van der Waals surface area contributed by atoms with Crippen LogP contribution in [0.2, 0.25) is 0 Å². The predicted octanol–water partition coefficient (Wildman–Crippen LogP) is 3.18. The molecule has 0 amide bonds. The summed E-state index contributed by atoms with van der Waals surface area (Å²) < 4.78 is 5.51. The van der Waals surface area contributed by atoms with E-state index in [9.17, 15) is 14.9 Å². The van der Waals surface area contributed by atoms with E-state index in [0.717, 1.165) is 0 Å². The van der Waals surface area contributed by atoms with Crippen molar-refractivity contribution in [2.75, 3.05) is 0 Å². The Morgan fingerprint density at radius 3 is 2.67 bits per heavy atom. The van der Waals surface area contributed by atoms with E-state index in [1.165, 1.54) is 18.2 Å². The van der Waals surface area contributed by atoms with E-state index in [0.29, 0.717) is 16.9 Å². The van der Waals surface area contributed by atoms with Crippen molar-refractivity contribution in [3.05, 3.63) is 69.3 Å². The first-order chi connectivity index (χ1) is 9.99. The number of hydrogen-bond acceptors (Lipinski definition) is 4. The van der Waals surface area contributed by atoms with Crippen LogP contribution in [0.1, 0.15) is 21.5 Å². The van der Waals surface area contributed by atoms with Gasteiger partial charge in [0.1, 0.15) is 12.4 Å². The maximum Gasteiger partial charge on any atom is 0.335 e. The summed E-state index contributed by atoms with van der Waals surface area (Å²) >= 11 is 0. The topological polar surface area (TPSA) is 89.7 Å². The van der Waals surface area contributed by atoms with Crippen molar-refractivity contribution in [2.45, 2.75) is 13.5 Å². The Kier molecular flexibility index (Phi) is 4.18. The molecule has 0 saturated heterocycles. The number of carbonyl (C=O) groups is 1. The molecule has 0 atom stereocenters. The summed E-state index contributed by atoms with van der Waals surface area (Å²) in [5.41, 5.74) is 1.39. The van der Waals surface area contributed by atoms with Crippen LogP contribution in [-0.4, -0.2) is 16.0 Å². The van der Waals surface area contributed by atoms with Crippen molar-refractivity contribution in [3.63, 3.8) is 0 Å². The predicted molar refractivity (Wildman–Crippen MR) is 75.6 cm³/mol. The zero-order valence-corrected chi connectivity index (χ0v) is 11.3. The number of benzene rings is 2. The van der Waals surface area contributed by atoms with E-state index < -0.39 is 10.9 Å². The molecule has 0 fully saturated rings. The van der Waals surface area contributed by atoms with Crippen molar-refractivity contribution in [1.82, 2.24) is 0 Å². The number of hydrogen-bond donors (Lipinski definition) is 1. The lowest BCUT2D eigenvalue weighted by Crippen LogP contribution is -2.02. The van der Waals surface area contributed by atoms with Gasteiger partial charge in [-0.05, 0) is 30.7 Å². The van der Waals surface area contributed by atoms with Crippen LogP contribution in [0.15, 0.2) is 42.5 Å². The number of nitro benzene ring substituents is 1. The van der Waals surface area contributed by atoms with Gasteiger partial charge in [-0.2, -0.15) is 0 Å². The molecule has 0 radical (unpaired) electrons. The van der Waals surface area contributed by atoms with Crippen LogP contribution in [0, 0.1) is 17.0 Å². The van der Waals surface area contributed by atoms with Crippen LogP contribution < -0.4 is 4.74 Å². The first-order valence-electron chi connectivity index (χ1n) is 6.18. The highest BCUT2D eigenvalue weighted by Gasteiger charge is 2.13. The molecule has 0 aliphatic heterocycles. The van der Waals surface area contributed by atoms with Gasteiger partial charge >= 0.3 is 5.97 Å². The van der Waals surface area contributed by atoms with Crippen LogP contribution in [0.5, 0.6) is 5.75 Å². The van der Waals surface area contributed by atoms with Gasteiger partial charge < -0.3 is 9.84 Å². The third kappa shape index (κ3) is 3.36. The molecule has 2 aromatic carbocycles. The van der Waals surface area contributed by atoms with Gasteiger partial charge in [-0.3, -0.25) is 10.1 Å². The van der Waals surface area contributed by atoms with Crippen LogP contribution in [0.25, 0.3) is 0 Å². The molecule has 0 aromatic heterocycles. The largest absolute Gasteiger partial charge is 0.489 e. The zero-order valence-electron chi connectivity index (χ0n) is 11.3. The monoisotopic (exact) mass is 287 g/mol. The van der Waals surface area contributed by atoms with Gasteiger partial charge in [0.25, 0.3) is 5.69 Å². The van der Waals surface area contributed by atoms with Gasteiger partial charge in [-0.25, -0.2) is 4.79 Å². The molecule has 0 heterocycles. The standard InChI is InChI=1S/C15H13NO5/c1-10-12(5-3-7-14(10)16(19)20)9-21-13-6-2-4-11(8-13)15(17)18/h2-8H,9H2,1H3,(H,17,18). The highest BCUT2D eigenvalue weighted by Crippen LogP contribution is 2.23. The Morgan fingerprint density at radius 1 is 1.29 bits per heavy atom. The molecular formula is C15H13NO5. The summed E-state index contributed by atoms with van der Waals surface area (Å²) in [4.78, 5) is 21.3. The molecule has 1 N–H and O–H groups in total. The molecule has 2 rings (SSSR count). The van der Waals surface area contributed by atoms with E-state index >= 15 is 0 Å². The van der Waals surface area contributed by atoms with Gasteiger partial charge in [0.05, 0.1) is 10.5 Å². The average molecular weight is 287 g/mol. The van der Waals surface area contributed by atoms with Gasteiger partial charge in [0, 0.05) is 11.6 Å². The third-order valence-electron chi connectivity index (χ3n) is 3.09. The highest BCUT2D eigenvalue weighted by atomic mass is 16.6. The van der Waals surface area contributed by atoms with Crippen LogP contribution in [0.4, 0.5) is 5.69 Å². The van der Waals surface area contributed by atoms with Crippen LogP contribution in [0.3, 0.4) is 0 Å². The Hall–Kier alpha value is -2.89. The first kappa shape index (κ1) is 14.5. The van der Waals surface area contributed by atoms with Crippen molar-refractivity contribution < 1.29 is 19.6 Å². The fourth-order valence-corrected chi connectivity index (χ4v) is 1.90. The average Bonchev–Trinajstić information content (AvgIpc) is 2.46. The molecule has 0 saturated carbocycles.